The molecule has 6 heteroatoms. The van der Waals surface area contributed by atoms with Gasteiger partial charge in [-0.25, -0.2) is 4.98 Å². The Morgan fingerprint density at radius 3 is 2.83 bits per heavy atom. The van der Waals surface area contributed by atoms with E-state index in [-0.39, 0.29) is 5.69 Å². The minimum absolute atomic E-state index is 0.258. The van der Waals surface area contributed by atoms with Gasteiger partial charge in [0.1, 0.15) is 11.9 Å². The molecule has 2 rings (SSSR count). The van der Waals surface area contributed by atoms with Crippen LogP contribution >= 0.6 is 38.9 Å². The van der Waals surface area contributed by atoms with Gasteiger partial charge < -0.3 is 4.90 Å². The maximum atomic E-state index is 8.90. The van der Waals surface area contributed by atoms with Gasteiger partial charge in [0.2, 0.25) is 0 Å². The third-order valence-electron chi connectivity index (χ3n) is 2.35. The minimum Gasteiger partial charge on any atom is -0.354 e. The highest BCUT2D eigenvalue weighted by atomic mass is 79.9. The van der Waals surface area contributed by atoms with Gasteiger partial charge in [-0.3, -0.25) is 0 Å². The largest absolute Gasteiger partial charge is 0.354 e. The predicted molar refractivity (Wildman–Crippen MR) is 78.1 cm³/mol. The first-order valence-corrected chi connectivity index (χ1v) is 7.11. The Morgan fingerprint density at radius 1 is 1.44 bits per heavy atom. The summed E-state index contributed by atoms with van der Waals surface area (Å²) in [6.45, 7) is 0.746. The molecule has 2 heterocycles. The fraction of sp³-hybridized carbons (Fsp3) is 0.167. The standard InChI is InChI=1S/C12H9BrClN3S/c1-17(7-8-2-4-11(13)18-8)12-5-3-9(14)10(6-15)16-12/h2-5H,7H2,1H3. The van der Waals surface area contributed by atoms with Gasteiger partial charge >= 0.3 is 0 Å². The zero-order valence-electron chi connectivity index (χ0n) is 9.52. The van der Waals surface area contributed by atoms with Crippen molar-refractivity contribution in [2.24, 2.45) is 0 Å². The van der Waals surface area contributed by atoms with Crippen LogP contribution in [-0.4, -0.2) is 12.0 Å². The van der Waals surface area contributed by atoms with Crippen LogP contribution in [0.3, 0.4) is 0 Å². The molecule has 0 fully saturated rings. The molecule has 0 aliphatic heterocycles. The summed E-state index contributed by atoms with van der Waals surface area (Å²) in [5, 5.41) is 9.28. The fourth-order valence-electron chi connectivity index (χ4n) is 1.47. The smallest absolute Gasteiger partial charge is 0.161 e. The maximum absolute atomic E-state index is 8.90. The molecule has 0 aliphatic carbocycles. The first-order valence-electron chi connectivity index (χ1n) is 5.12. The van der Waals surface area contributed by atoms with Crippen LogP contribution in [0.1, 0.15) is 10.6 Å². The van der Waals surface area contributed by atoms with E-state index in [2.05, 4.69) is 27.0 Å². The normalized spacial score (nSPS) is 10.1. The number of rotatable bonds is 3. The second kappa shape index (κ2) is 5.70. The van der Waals surface area contributed by atoms with E-state index in [0.717, 1.165) is 16.1 Å². The molecule has 3 nitrogen and oxygen atoms in total. The number of thiophene rings is 1. The molecule has 0 saturated carbocycles. The van der Waals surface area contributed by atoms with Gasteiger partial charge in [0.25, 0.3) is 0 Å². The first-order chi connectivity index (χ1) is 8.60. The number of hydrogen-bond donors (Lipinski definition) is 0. The lowest BCUT2D eigenvalue weighted by molar-refractivity contribution is 0.910. The molecule has 0 aliphatic rings. The van der Waals surface area contributed by atoms with E-state index in [4.69, 9.17) is 16.9 Å². The number of anilines is 1. The van der Waals surface area contributed by atoms with Crippen LogP contribution in [-0.2, 0) is 6.54 Å². The molecule has 0 N–H and O–H groups in total. The van der Waals surface area contributed by atoms with Crippen molar-refractivity contribution in [2.45, 2.75) is 6.54 Å². The molecule has 0 atom stereocenters. The average molecular weight is 343 g/mol. The van der Waals surface area contributed by atoms with Crippen molar-refractivity contribution in [1.82, 2.24) is 4.98 Å². The van der Waals surface area contributed by atoms with E-state index in [9.17, 15) is 0 Å². The quantitative estimate of drug-likeness (QED) is 0.844. The van der Waals surface area contributed by atoms with E-state index in [0.29, 0.717) is 5.02 Å². The van der Waals surface area contributed by atoms with Crippen LogP contribution < -0.4 is 4.90 Å². The van der Waals surface area contributed by atoms with Crippen molar-refractivity contribution in [1.29, 1.82) is 5.26 Å². The van der Waals surface area contributed by atoms with Crippen LogP contribution in [0.5, 0.6) is 0 Å². The molecular formula is C12H9BrClN3S. The molecule has 0 bridgehead atoms. The molecule has 0 radical (unpaired) electrons. The highest BCUT2D eigenvalue weighted by Gasteiger charge is 2.08. The van der Waals surface area contributed by atoms with E-state index < -0.39 is 0 Å². The second-order valence-corrected chi connectivity index (χ2v) is 6.63. The number of nitriles is 1. The Balaban J connectivity index is 2.19. The van der Waals surface area contributed by atoms with Crippen LogP contribution in [0, 0.1) is 11.3 Å². The van der Waals surface area contributed by atoms with Crippen molar-refractivity contribution >= 4 is 44.7 Å². The number of aromatic nitrogens is 1. The lowest BCUT2D eigenvalue weighted by Crippen LogP contribution is -2.17. The molecule has 0 saturated heterocycles. The van der Waals surface area contributed by atoms with Gasteiger partial charge in [-0.05, 0) is 40.2 Å². The van der Waals surface area contributed by atoms with Gasteiger partial charge in [0.05, 0.1) is 15.4 Å². The molecule has 2 aromatic rings. The highest BCUT2D eigenvalue weighted by molar-refractivity contribution is 9.11. The van der Waals surface area contributed by atoms with E-state index in [1.807, 2.05) is 30.1 Å². The summed E-state index contributed by atoms with van der Waals surface area (Å²) in [5.41, 5.74) is 0.258. The first kappa shape index (κ1) is 13.3. The molecule has 92 valence electrons. The zero-order valence-corrected chi connectivity index (χ0v) is 12.7. The van der Waals surface area contributed by atoms with Crippen LogP contribution in [0.2, 0.25) is 5.02 Å². The number of pyridine rings is 1. The number of hydrogen-bond acceptors (Lipinski definition) is 4. The van der Waals surface area contributed by atoms with Crippen LogP contribution in [0.15, 0.2) is 28.1 Å². The molecule has 0 unspecified atom stereocenters. The van der Waals surface area contributed by atoms with Gasteiger partial charge in [0.15, 0.2) is 5.69 Å². The fourth-order valence-corrected chi connectivity index (χ4v) is 3.16. The summed E-state index contributed by atoms with van der Waals surface area (Å²) in [5.74, 6) is 0.737. The lowest BCUT2D eigenvalue weighted by atomic mass is 10.3. The Labute approximate surface area is 123 Å². The van der Waals surface area contributed by atoms with Crippen LogP contribution in [0.25, 0.3) is 0 Å². The Hall–Kier alpha value is -1.09. The predicted octanol–water partition coefficient (Wildman–Crippen LogP) is 4.07. The van der Waals surface area contributed by atoms with Gasteiger partial charge in [0, 0.05) is 11.9 Å². The van der Waals surface area contributed by atoms with Gasteiger partial charge in [-0.1, -0.05) is 11.6 Å². The molecule has 18 heavy (non-hydrogen) atoms. The Bertz CT molecular complexity index is 606. The molecule has 2 aromatic heterocycles. The SMILES string of the molecule is CN(Cc1ccc(Br)s1)c1ccc(Cl)c(C#N)n1. The van der Waals surface area contributed by atoms with Gasteiger partial charge in [-0.15, -0.1) is 11.3 Å². The van der Waals surface area contributed by atoms with Crippen molar-refractivity contribution in [3.8, 4) is 6.07 Å². The van der Waals surface area contributed by atoms with Crippen LogP contribution in [0.4, 0.5) is 5.82 Å². The third kappa shape index (κ3) is 3.02. The van der Waals surface area contributed by atoms with E-state index in [1.165, 1.54) is 4.88 Å². The maximum Gasteiger partial charge on any atom is 0.161 e. The van der Waals surface area contributed by atoms with Crippen molar-refractivity contribution in [3.63, 3.8) is 0 Å². The highest BCUT2D eigenvalue weighted by Crippen LogP contribution is 2.25. The second-order valence-electron chi connectivity index (χ2n) is 3.67. The van der Waals surface area contributed by atoms with E-state index in [1.54, 1.807) is 17.4 Å². The zero-order chi connectivity index (χ0) is 13.1. The molecule has 0 spiro atoms. The van der Waals surface area contributed by atoms with Crippen molar-refractivity contribution in [2.75, 3.05) is 11.9 Å². The third-order valence-corrected chi connectivity index (χ3v) is 4.26. The summed E-state index contributed by atoms with van der Waals surface area (Å²) in [7, 11) is 1.94. The Morgan fingerprint density at radius 2 is 2.22 bits per heavy atom. The monoisotopic (exact) mass is 341 g/mol. The van der Waals surface area contributed by atoms with Crippen molar-refractivity contribution in [3.05, 3.63) is 43.6 Å². The molecular weight excluding hydrogens is 334 g/mol. The topological polar surface area (TPSA) is 39.9 Å². The summed E-state index contributed by atoms with van der Waals surface area (Å²) >= 11 is 11.0. The minimum atomic E-state index is 0.258. The lowest BCUT2D eigenvalue weighted by Gasteiger charge is -2.17. The average Bonchev–Trinajstić information content (AvgIpc) is 2.75. The number of nitrogens with zero attached hydrogens (tertiary/aromatic N) is 3. The van der Waals surface area contributed by atoms with Gasteiger partial charge in [-0.2, -0.15) is 5.26 Å². The summed E-state index contributed by atoms with van der Waals surface area (Å²) in [6, 6.07) is 9.57. The number of halogens is 2. The van der Waals surface area contributed by atoms with E-state index >= 15 is 0 Å². The molecule has 0 amide bonds. The summed E-state index contributed by atoms with van der Waals surface area (Å²) in [6.07, 6.45) is 0. The summed E-state index contributed by atoms with van der Waals surface area (Å²) in [4.78, 5) is 7.42. The molecule has 0 aromatic carbocycles. The van der Waals surface area contributed by atoms with Crippen molar-refractivity contribution < 1.29 is 0 Å². The Kier molecular flexibility index (Phi) is 4.23. The summed E-state index contributed by atoms with van der Waals surface area (Å²) < 4.78 is 1.10.